The maximum absolute atomic E-state index is 3.17. The van der Waals surface area contributed by atoms with Crippen LogP contribution in [-0.4, -0.2) is 7.05 Å². The van der Waals surface area contributed by atoms with Gasteiger partial charge in [-0.05, 0) is 35.6 Å². The summed E-state index contributed by atoms with van der Waals surface area (Å²) in [5.41, 5.74) is 4.14. The van der Waals surface area contributed by atoms with E-state index >= 15 is 0 Å². The molecule has 13 heavy (non-hydrogen) atoms. The van der Waals surface area contributed by atoms with Crippen LogP contribution >= 0.6 is 0 Å². The molecule has 1 heteroatoms. The van der Waals surface area contributed by atoms with E-state index in [1.165, 1.54) is 16.8 Å². The molecule has 1 aromatic carbocycles. The van der Waals surface area contributed by atoms with Crippen LogP contribution in [0.1, 0.15) is 37.8 Å². The van der Waals surface area contributed by atoms with Crippen molar-refractivity contribution in [2.45, 2.75) is 33.1 Å². The van der Waals surface area contributed by atoms with Crippen LogP contribution < -0.4 is 5.32 Å². The van der Waals surface area contributed by atoms with Crippen molar-refractivity contribution >= 4 is 5.69 Å². The fourth-order valence-electron chi connectivity index (χ4n) is 1.63. The van der Waals surface area contributed by atoms with Gasteiger partial charge in [-0.2, -0.15) is 0 Å². The molecule has 0 fully saturated rings. The summed E-state index contributed by atoms with van der Waals surface area (Å²) >= 11 is 0. The highest BCUT2D eigenvalue weighted by Gasteiger charge is 2.04. The standard InChI is InChI=1S/C12H19N/c1-5-10-8-11(13-4)6-7-12(10)9(2)3/h6-9,13H,5H2,1-4H3. The van der Waals surface area contributed by atoms with E-state index in [-0.39, 0.29) is 0 Å². The van der Waals surface area contributed by atoms with Crippen molar-refractivity contribution < 1.29 is 0 Å². The van der Waals surface area contributed by atoms with Crippen molar-refractivity contribution in [3.05, 3.63) is 29.3 Å². The third-order valence-electron chi connectivity index (χ3n) is 2.43. The lowest BCUT2D eigenvalue weighted by Crippen LogP contribution is -1.97. The van der Waals surface area contributed by atoms with E-state index in [9.17, 15) is 0 Å². The molecule has 0 heterocycles. The molecular weight excluding hydrogens is 158 g/mol. The first-order valence-electron chi connectivity index (χ1n) is 4.99. The third kappa shape index (κ3) is 2.24. The normalized spacial score (nSPS) is 10.5. The molecule has 0 unspecified atom stereocenters. The van der Waals surface area contributed by atoms with Gasteiger partial charge >= 0.3 is 0 Å². The first kappa shape index (κ1) is 10.1. The first-order chi connectivity index (χ1) is 6.19. The summed E-state index contributed by atoms with van der Waals surface area (Å²) in [4.78, 5) is 0. The predicted molar refractivity (Wildman–Crippen MR) is 59.5 cm³/mol. The molecule has 0 aliphatic heterocycles. The number of rotatable bonds is 3. The Kier molecular flexibility index (Phi) is 3.35. The van der Waals surface area contributed by atoms with Crippen molar-refractivity contribution in [1.29, 1.82) is 0 Å². The summed E-state index contributed by atoms with van der Waals surface area (Å²) in [5.74, 6) is 0.626. The summed E-state index contributed by atoms with van der Waals surface area (Å²) in [7, 11) is 1.96. The average Bonchev–Trinajstić information content (AvgIpc) is 2.16. The molecule has 0 aromatic heterocycles. The minimum atomic E-state index is 0.626. The van der Waals surface area contributed by atoms with Gasteiger partial charge in [0.15, 0.2) is 0 Å². The van der Waals surface area contributed by atoms with Gasteiger partial charge in [-0.1, -0.05) is 26.8 Å². The van der Waals surface area contributed by atoms with E-state index in [4.69, 9.17) is 0 Å². The van der Waals surface area contributed by atoms with E-state index in [0.717, 1.165) is 6.42 Å². The van der Waals surface area contributed by atoms with Crippen LogP contribution in [0.2, 0.25) is 0 Å². The summed E-state index contributed by atoms with van der Waals surface area (Å²) in [6.07, 6.45) is 1.11. The van der Waals surface area contributed by atoms with E-state index in [2.05, 4.69) is 44.3 Å². The Hall–Kier alpha value is -0.980. The van der Waals surface area contributed by atoms with Gasteiger partial charge in [0, 0.05) is 12.7 Å². The Labute approximate surface area is 81.2 Å². The molecular formula is C12H19N. The van der Waals surface area contributed by atoms with Crippen LogP contribution in [0.5, 0.6) is 0 Å². The van der Waals surface area contributed by atoms with Crippen molar-refractivity contribution in [3.63, 3.8) is 0 Å². The third-order valence-corrected chi connectivity index (χ3v) is 2.43. The zero-order valence-corrected chi connectivity index (χ0v) is 9.02. The van der Waals surface area contributed by atoms with Crippen LogP contribution in [0, 0.1) is 0 Å². The molecule has 1 nitrogen and oxygen atoms in total. The highest BCUT2D eigenvalue weighted by atomic mass is 14.8. The fraction of sp³-hybridized carbons (Fsp3) is 0.500. The molecule has 1 N–H and O–H groups in total. The molecule has 0 saturated heterocycles. The minimum Gasteiger partial charge on any atom is -0.388 e. The molecule has 72 valence electrons. The van der Waals surface area contributed by atoms with Gasteiger partial charge < -0.3 is 5.32 Å². The lowest BCUT2D eigenvalue weighted by Gasteiger charge is -2.12. The number of hydrogen-bond acceptors (Lipinski definition) is 1. The summed E-state index contributed by atoms with van der Waals surface area (Å²) < 4.78 is 0. The largest absolute Gasteiger partial charge is 0.388 e. The Bertz CT molecular complexity index is 276. The zero-order chi connectivity index (χ0) is 9.84. The number of benzene rings is 1. The predicted octanol–water partition coefficient (Wildman–Crippen LogP) is 3.41. The van der Waals surface area contributed by atoms with Crippen LogP contribution in [0.3, 0.4) is 0 Å². The van der Waals surface area contributed by atoms with Crippen molar-refractivity contribution in [3.8, 4) is 0 Å². The summed E-state index contributed by atoms with van der Waals surface area (Å²) in [5, 5.41) is 3.17. The summed E-state index contributed by atoms with van der Waals surface area (Å²) in [6, 6.07) is 6.62. The van der Waals surface area contributed by atoms with Crippen LogP contribution in [0.4, 0.5) is 5.69 Å². The Morgan fingerprint density at radius 1 is 1.31 bits per heavy atom. The van der Waals surface area contributed by atoms with Crippen LogP contribution in [0.15, 0.2) is 18.2 Å². The maximum atomic E-state index is 3.17. The van der Waals surface area contributed by atoms with Gasteiger partial charge in [-0.15, -0.1) is 0 Å². The number of anilines is 1. The molecule has 0 saturated carbocycles. The molecule has 0 aliphatic rings. The van der Waals surface area contributed by atoms with E-state index < -0.39 is 0 Å². The topological polar surface area (TPSA) is 12.0 Å². The minimum absolute atomic E-state index is 0.626. The Balaban J connectivity index is 3.08. The van der Waals surface area contributed by atoms with Gasteiger partial charge in [0.2, 0.25) is 0 Å². The second-order valence-corrected chi connectivity index (χ2v) is 3.67. The van der Waals surface area contributed by atoms with E-state index in [0.29, 0.717) is 5.92 Å². The van der Waals surface area contributed by atoms with Gasteiger partial charge in [0.1, 0.15) is 0 Å². The molecule has 0 atom stereocenters. The SMILES string of the molecule is CCc1cc(NC)ccc1C(C)C. The second kappa shape index (κ2) is 4.31. The van der Waals surface area contributed by atoms with Gasteiger partial charge in [-0.3, -0.25) is 0 Å². The lowest BCUT2D eigenvalue weighted by atomic mass is 9.95. The van der Waals surface area contributed by atoms with Gasteiger partial charge in [-0.25, -0.2) is 0 Å². The molecule has 0 bridgehead atoms. The second-order valence-electron chi connectivity index (χ2n) is 3.67. The number of nitrogens with one attached hydrogen (secondary N) is 1. The first-order valence-corrected chi connectivity index (χ1v) is 4.99. The van der Waals surface area contributed by atoms with E-state index in [1.54, 1.807) is 0 Å². The number of hydrogen-bond donors (Lipinski definition) is 1. The quantitative estimate of drug-likeness (QED) is 0.746. The van der Waals surface area contributed by atoms with Gasteiger partial charge in [0.05, 0.1) is 0 Å². The fourth-order valence-corrected chi connectivity index (χ4v) is 1.63. The Morgan fingerprint density at radius 3 is 2.46 bits per heavy atom. The van der Waals surface area contributed by atoms with Crippen LogP contribution in [0.25, 0.3) is 0 Å². The highest BCUT2D eigenvalue weighted by Crippen LogP contribution is 2.23. The maximum Gasteiger partial charge on any atom is 0.0340 e. The molecule has 0 aliphatic carbocycles. The molecule has 0 amide bonds. The van der Waals surface area contributed by atoms with Gasteiger partial charge in [0.25, 0.3) is 0 Å². The lowest BCUT2D eigenvalue weighted by molar-refractivity contribution is 0.844. The summed E-state index contributed by atoms with van der Waals surface area (Å²) in [6.45, 7) is 6.70. The average molecular weight is 177 g/mol. The van der Waals surface area contributed by atoms with Crippen LogP contribution in [-0.2, 0) is 6.42 Å². The monoisotopic (exact) mass is 177 g/mol. The molecule has 1 rings (SSSR count). The van der Waals surface area contributed by atoms with Crippen molar-refractivity contribution in [1.82, 2.24) is 0 Å². The zero-order valence-electron chi connectivity index (χ0n) is 9.02. The van der Waals surface area contributed by atoms with E-state index in [1.807, 2.05) is 7.05 Å². The molecule has 0 spiro atoms. The number of aryl methyl sites for hydroxylation is 1. The highest BCUT2D eigenvalue weighted by molar-refractivity contribution is 5.49. The Morgan fingerprint density at radius 2 is 2.00 bits per heavy atom. The molecule has 1 aromatic rings. The smallest absolute Gasteiger partial charge is 0.0340 e. The van der Waals surface area contributed by atoms with Crippen molar-refractivity contribution in [2.24, 2.45) is 0 Å². The molecule has 0 radical (unpaired) electrons. The van der Waals surface area contributed by atoms with Crippen molar-refractivity contribution in [2.75, 3.05) is 12.4 Å².